The molecule has 4 nitrogen and oxygen atoms in total. The normalized spacial score (nSPS) is 17.8. The van der Waals surface area contributed by atoms with Crippen molar-refractivity contribution >= 4 is 5.71 Å². The van der Waals surface area contributed by atoms with Gasteiger partial charge in [0.1, 0.15) is 5.54 Å². The summed E-state index contributed by atoms with van der Waals surface area (Å²) >= 11 is 0. The predicted octanol–water partition coefficient (Wildman–Crippen LogP) is 6.18. The van der Waals surface area contributed by atoms with Gasteiger partial charge in [0.15, 0.2) is 6.23 Å². The Morgan fingerprint density at radius 1 is 0.829 bits per heavy atom. The summed E-state index contributed by atoms with van der Waals surface area (Å²) in [5, 5.41) is 7.46. The Morgan fingerprint density at radius 3 is 1.77 bits per heavy atom. The molecule has 1 aliphatic rings. The molecule has 0 amide bonds. The smallest absolute Gasteiger partial charge is 0.159 e. The number of hydrogen-bond acceptors (Lipinski definition) is 4. The van der Waals surface area contributed by atoms with E-state index in [0.717, 1.165) is 33.7 Å². The minimum atomic E-state index is -0.727. The van der Waals surface area contributed by atoms with Crippen LogP contribution in [-0.2, 0) is 10.3 Å². The van der Waals surface area contributed by atoms with Crippen LogP contribution < -0.4 is 0 Å². The van der Waals surface area contributed by atoms with Crippen LogP contribution in [0.2, 0.25) is 0 Å². The zero-order valence-electron chi connectivity index (χ0n) is 20.1. The van der Waals surface area contributed by atoms with E-state index in [1.807, 2.05) is 43.5 Å². The van der Waals surface area contributed by atoms with Crippen molar-refractivity contribution in [1.82, 2.24) is 9.99 Å². The summed E-state index contributed by atoms with van der Waals surface area (Å²) in [6.45, 7) is 6.17. The lowest BCUT2D eigenvalue weighted by atomic mass is 9.76. The van der Waals surface area contributed by atoms with Crippen molar-refractivity contribution < 1.29 is 4.74 Å². The number of nitrogens with zero attached hydrogens (tertiary/aromatic N) is 3. The third-order valence-corrected chi connectivity index (χ3v) is 6.69. The molecule has 1 aromatic heterocycles. The first-order valence-corrected chi connectivity index (χ1v) is 11.8. The molecule has 35 heavy (non-hydrogen) atoms. The predicted molar refractivity (Wildman–Crippen MR) is 141 cm³/mol. The van der Waals surface area contributed by atoms with E-state index in [0.29, 0.717) is 0 Å². The zero-order chi connectivity index (χ0) is 24.3. The molecule has 1 aliphatic heterocycles. The largest absolute Gasteiger partial charge is 0.359 e. The van der Waals surface area contributed by atoms with Crippen LogP contribution in [0.3, 0.4) is 0 Å². The summed E-state index contributed by atoms with van der Waals surface area (Å²) in [4.78, 5) is 4.39. The molecule has 0 aliphatic carbocycles. The van der Waals surface area contributed by atoms with Crippen molar-refractivity contribution in [2.45, 2.75) is 18.7 Å². The van der Waals surface area contributed by atoms with Crippen molar-refractivity contribution in [3.8, 4) is 0 Å². The van der Waals surface area contributed by atoms with E-state index in [2.05, 4.69) is 95.4 Å². The van der Waals surface area contributed by atoms with Crippen molar-refractivity contribution in [3.05, 3.63) is 150 Å². The molecule has 4 heteroatoms. The molecule has 0 spiro atoms. The van der Waals surface area contributed by atoms with Crippen molar-refractivity contribution in [2.24, 2.45) is 11.0 Å². The molecule has 0 bridgehead atoms. The third-order valence-electron chi connectivity index (χ3n) is 6.69. The number of aromatic nitrogens is 1. The molecule has 5 rings (SSSR count). The van der Waals surface area contributed by atoms with E-state index in [1.165, 1.54) is 0 Å². The molecule has 174 valence electrons. The molecule has 4 aromatic rings. The summed E-state index contributed by atoms with van der Waals surface area (Å²) in [7, 11) is 1.75. The van der Waals surface area contributed by atoms with Crippen LogP contribution in [-0.4, -0.2) is 29.0 Å². The van der Waals surface area contributed by atoms with Crippen LogP contribution in [0.5, 0.6) is 0 Å². The Balaban J connectivity index is 1.85. The Kier molecular flexibility index (Phi) is 6.30. The number of ether oxygens (including phenoxy) is 1. The van der Waals surface area contributed by atoms with E-state index in [-0.39, 0.29) is 12.1 Å². The average Bonchev–Trinajstić information content (AvgIpc) is 3.30. The maximum atomic E-state index is 6.20. The maximum Gasteiger partial charge on any atom is 0.159 e. The van der Waals surface area contributed by atoms with Crippen LogP contribution in [0.4, 0.5) is 0 Å². The number of hydrazone groups is 1. The summed E-state index contributed by atoms with van der Waals surface area (Å²) in [5.41, 5.74) is 5.49. The Bertz CT molecular complexity index is 1220. The van der Waals surface area contributed by atoms with Crippen LogP contribution in [0, 0.1) is 12.8 Å². The molecule has 2 heterocycles. The second-order valence-electron chi connectivity index (χ2n) is 8.71. The van der Waals surface area contributed by atoms with Crippen LogP contribution in [0.25, 0.3) is 0 Å². The van der Waals surface area contributed by atoms with Gasteiger partial charge in [-0.2, -0.15) is 5.10 Å². The lowest BCUT2D eigenvalue weighted by Crippen LogP contribution is -2.50. The Labute approximate surface area is 207 Å². The maximum absolute atomic E-state index is 6.20. The fraction of sp³-hybridized carbons (Fsp3) is 0.161. The van der Waals surface area contributed by atoms with Crippen molar-refractivity contribution in [1.29, 1.82) is 0 Å². The molecule has 3 aromatic carbocycles. The average molecular weight is 460 g/mol. The molecule has 2 atom stereocenters. The topological polar surface area (TPSA) is 37.7 Å². The van der Waals surface area contributed by atoms with Crippen LogP contribution in [0.15, 0.2) is 127 Å². The highest BCUT2D eigenvalue weighted by atomic mass is 16.5. The fourth-order valence-electron chi connectivity index (χ4n) is 5.16. The summed E-state index contributed by atoms with van der Waals surface area (Å²) in [6, 6.07) is 35.7. The van der Waals surface area contributed by atoms with E-state index in [1.54, 1.807) is 7.11 Å². The van der Waals surface area contributed by atoms with E-state index >= 15 is 0 Å². The van der Waals surface area contributed by atoms with E-state index in [9.17, 15) is 0 Å². The molecule has 0 N–H and O–H groups in total. The van der Waals surface area contributed by atoms with Gasteiger partial charge in [-0.05, 0) is 35.7 Å². The highest BCUT2D eigenvalue weighted by molar-refractivity contribution is 6.04. The summed E-state index contributed by atoms with van der Waals surface area (Å²) < 4.78 is 6.20. The van der Waals surface area contributed by atoms with Gasteiger partial charge in [0, 0.05) is 24.6 Å². The van der Waals surface area contributed by atoms with E-state index < -0.39 is 5.54 Å². The third kappa shape index (κ3) is 3.86. The second kappa shape index (κ2) is 9.69. The first-order valence-electron chi connectivity index (χ1n) is 11.8. The van der Waals surface area contributed by atoms with Crippen LogP contribution >= 0.6 is 0 Å². The highest BCUT2D eigenvalue weighted by Gasteiger charge is 2.51. The SMILES string of the molecule is C=CC1C(c2ccnc(C)c2)=NN(C(c2ccccc2)(c2ccccc2)c2ccccc2)C1OC. The first kappa shape index (κ1) is 22.8. The van der Waals surface area contributed by atoms with Gasteiger partial charge in [0.2, 0.25) is 0 Å². The number of aryl methyl sites for hydroxylation is 1. The number of rotatable bonds is 7. The number of benzene rings is 3. The number of pyridine rings is 1. The molecule has 0 saturated heterocycles. The van der Waals surface area contributed by atoms with Crippen molar-refractivity contribution in [3.63, 3.8) is 0 Å². The fourth-order valence-corrected chi connectivity index (χ4v) is 5.16. The lowest BCUT2D eigenvalue weighted by molar-refractivity contribution is -0.0673. The van der Waals surface area contributed by atoms with E-state index in [4.69, 9.17) is 9.84 Å². The molecule has 0 fully saturated rings. The highest BCUT2D eigenvalue weighted by Crippen LogP contribution is 2.47. The van der Waals surface area contributed by atoms with Crippen LogP contribution in [0.1, 0.15) is 27.9 Å². The number of hydrogen-bond donors (Lipinski definition) is 0. The lowest BCUT2D eigenvalue weighted by Gasteiger charge is -2.45. The molecular weight excluding hydrogens is 430 g/mol. The van der Waals surface area contributed by atoms with Gasteiger partial charge in [-0.1, -0.05) is 97.1 Å². The minimum Gasteiger partial charge on any atom is -0.359 e. The zero-order valence-corrected chi connectivity index (χ0v) is 20.1. The van der Waals surface area contributed by atoms with Gasteiger partial charge in [-0.3, -0.25) is 4.98 Å². The molecule has 2 unspecified atom stereocenters. The van der Waals surface area contributed by atoms with Gasteiger partial charge < -0.3 is 4.74 Å². The minimum absolute atomic E-state index is 0.127. The Morgan fingerprint density at radius 2 is 1.34 bits per heavy atom. The van der Waals surface area contributed by atoms with Gasteiger partial charge in [0.05, 0.1) is 11.6 Å². The number of methoxy groups -OCH3 is 1. The van der Waals surface area contributed by atoms with Gasteiger partial charge in [0.25, 0.3) is 0 Å². The van der Waals surface area contributed by atoms with Gasteiger partial charge >= 0.3 is 0 Å². The standard InChI is InChI=1S/C31H29N3O/c1-4-28-29(24-20-21-32-23(2)22-24)33-34(30(28)35-3)31(25-14-8-5-9-15-25,26-16-10-6-11-17-26)27-18-12-7-13-19-27/h4-22,28,30H,1H2,2-3H3. The summed E-state index contributed by atoms with van der Waals surface area (Å²) in [6.07, 6.45) is 3.40. The Hall–Kier alpha value is -4.02. The van der Waals surface area contributed by atoms with Crippen molar-refractivity contribution in [2.75, 3.05) is 7.11 Å². The molecule has 0 saturated carbocycles. The van der Waals surface area contributed by atoms with Gasteiger partial charge in [-0.25, -0.2) is 5.01 Å². The van der Waals surface area contributed by atoms with Gasteiger partial charge in [-0.15, -0.1) is 6.58 Å². The molecule has 0 radical (unpaired) electrons. The quantitative estimate of drug-likeness (QED) is 0.245. The molecular formula is C31H29N3O. The second-order valence-corrected chi connectivity index (χ2v) is 8.71. The first-order chi connectivity index (χ1) is 17.2. The summed E-state index contributed by atoms with van der Waals surface area (Å²) in [5.74, 6) is -0.127. The monoisotopic (exact) mass is 459 g/mol.